The Hall–Kier alpha value is -4.50. The van der Waals surface area contributed by atoms with E-state index in [4.69, 9.17) is 14.4 Å². The highest BCUT2D eigenvalue weighted by molar-refractivity contribution is 6.15. The Morgan fingerprint density at radius 3 is 2.15 bits per heavy atom. The van der Waals surface area contributed by atoms with Crippen LogP contribution >= 0.6 is 0 Å². The zero-order chi connectivity index (χ0) is 28.4. The van der Waals surface area contributed by atoms with Gasteiger partial charge in [0.15, 0.2) is 0 Å². The van der Waals surface area contributed by atoms with Crippen molar-refractivity contribution >= 4 is 43.6 Å². The molecule has 202 valence electrons. The number of para-hydroxylation sites is 1. The summed E-state index contributed by atoms with van der Waals surface area (Å²) in [6.07, 6.45) is 0. The predicted octanol–water partition coefficient (Wildman–Crippen LogP) is 10.9. The van der Waals surface area contributed by atoms with Crippen molar-refractivity contribution in [2.24, 2.45) is 0 Å². The molecule has 2 heterocycles. The molecule has 3 nitrogen and oxygen atoms in total. The van der Waals surface area contributed by atoms with Crippen LogP contribution in [0, 0.1) is 13.8 Å². The number of rotatable bonds is 4. The number of hydrogen-bond donors (Lipinski definition) is 0. The predicted molar refractivity (Wildman–Crippen MR) is 173 cm³/mol. The molecule has 7 rings (SSSR count). The van der Waals surface area contributed by atoms with Crippen LogP contribution < -0.4 is 0 Å². The van der Waals surface area contributed by atoms with Crippen molar-refractivity contribution < 1.29 is 4.42 Å². The Labute approximate surface area is 240 Å². The van der Waals surface area contributed by atoms with Gasteiger partial charge in [-0.05, 0) is 77.2 Å². The molecule has 0 saturated heterocycles. The standard InChI is InChI=1S/C38H34N2O/c1-21(2)27-13-8-12-25-16-19-30-35(39-38(22(3)4)40-36(30)34(25)27)31-15-9-14-29-28-18-17-26(20-32(28)41-37(29)31)33-23(5)10-7-11-24(33)6/h7-22H,1-6H3. The van der Waals surface area contributed by atoms with Crippen molar-refractivity contribution in [2.75, 3.05) is 0 Å². The second-order valence-corrected chi connectivity index (χ2v) is 11.9. The molecule has 2 aromatic heterocycles. The number of hydrogen-bond acceptors (Lipinski definition) is 3. The van der Waals surface area contributed by atoms with Gasteiger partial charge in [0, 0.05) is 33.0 Å². The largest absolute Gasteiger partial charge is 0.455 e. The smallest absolute Gasteiger partial charge is 0.144 e. The molecule has 0 bridgehead atoms. The van der Waals surface area contributed by atoms with Crippen LogP contribution in [0.25, 0.3) is 66.0 Å². The van der Waals surface area contributed by atoms with Crippen LogP contribution in [0.2, 0.25) is 0 Å². The lowest BCUT2D eigenvalue weighted by Gasteiger charge is -2.16. The Bertz CT molecular complexity index is 2110. The minimum atomic E-state index is 0.189. The average molecular weight is 535 g/mol. The van der Waals surface area contributed by atoms with E-state index in [0.717, 1.165) is 49.9 Å². The van der Waals surface area contributed by atoms with Gasteiger partial charge in [-0.1, -0.05) is 88.4 Å². The van der Waals surface area contributed by atoms with Crippen LogP contribution in [0.4, 0.5) is 0 Å². The molecule has 0 aliphatic rings. The first kappa shape index (κ1) is 25.5. The van der Waals surface area contributed by atoms with Crippen LogP contribution in [-0.4, -0.2) is 9.97 Å². The van der Waals surface area contributed by atoms with E-state index < -0.39 is 0 Å². The van der Waals surface area contributed by atoms with Crippen molar-refractivity contribution in [1.29, 1.82) is 0 Å². The number of aromatic nitrogens is 2. The molecule has 0 N–H and O–H groups in total. The van der Waals surface area contributed by atoms with E-state index in [1.165, 1.54) is 38.6 Å². The monoisotopic (exact) mass is 534 g/mol. The summed E-state index contributed by atoms with van der Waals surface area (Å²) in [5.41, 5.74) is 11.0. The average Bonchev–Trinajstić information content (AvgIpc) is 3.34. The lowest BCUT2D eigenvalue weighted by molar-refractivity contribution is 0.670. The second kappa shape index (κ2) is 9.55. The molecule has 0 saturated carbocycles. The third-order valence-corrected chi connectivity index (χ3v) is 8.42. The van der Waals surface area contributed by atoms with Gasteiger partial charge in [0.05, 0.1) is 11.2 Å². The molecule has 0 fully saturated rings. The van der Waals surface area contributed by atoms with Crippen molar-refractivity contribution in [3.63, 3.8) is 0 Å². The van der Waals surface area contributed by atoms with Gasteiger partial charge in [-0.2, -0.15) is 0 Å². The molecule has 0 spiro atoms. The summed E-state index contributed by atoms with van der Waals surface area (Å²) in [6, 6.07) is 30.4. The fourth-order valence-corrected chi connectivity index (χ4v) is 6.36. The molecule has 0 amide bonds. The topological polar surface area (TPSA) is 38.9 Å². The number of benzene rings is 5. The molecule has 5 aromatic carbocycles. The minimum Gasteiger partial charge on any atom is -0.455 e. The summed E-state index contributed by atoms with van der Waals surface area (Å²) in [4.78, 5) is 10.4. The molecular formula is C38H34N2O. The molecule has 0 unspecified atom stereocenters. The molecule has 0 atom stereocenters. The van der Waals surface area contributed by atoms with Crippen molar-refractivity contribution in [3.8, 4) is 22.4 Å². The summed E-state index contributed by atoms with van der Waals surface area (Å²) in [5, 5.41) is 5.71. The van der Waals surface area contributed by atoms with Gasteiger partial charge < -0.3 is 4.42 Å². The van der Waals surface area contributed by atoms with Gasteiger partial charge in [-0.25, -0.2) is 9.97 Å². The minimum absolute atomic E-state index is 0.189. The Morgan fingerprint density at radius 1 is 0.659 bits per heavy atom. The van der Waals surface area contributed by atoms with E-state index in [-0.39, 0.29) is 5.92 Å². The summed E-state index contributed by atoms with van der Waals surface area (Å²) >= 11 is 0. The highest BCUT2D eigenvalue weighted by Gasteiger charge is 2.20. The van der Waals surface area contributed by atoms with Crippen LogP contribution in [0.5, 0.6) is 0 Å². The highest BCUT2D eigenvalue weighted by Crippen LogP contribution is 2.41. The normalized spacial score (nSPS) is 12.1. The number of aryl methyl sites for hydroxylation is 2. The van der Waals surface area contributed by atoms with Gasteiger partial charge in [0.25, 0.3) is 0 Å². The van der Waals surface area contributed by atoms with Gasteiger partial charge in [-0.15, -0.1) is 0 Å². The molecule has 3 heteroatoms. The lowest BCUT2D eigenvalue weighted by atomic mass is 9.92. The highest BCUT2D eigenvalue weighted by atomic mass is 16.3. The maximum absolute atomic E-state index is 6.72. The second-order valence-electron chi connectivity index (χ2n) is 11.9. The zero-order valence-electron chi connectivity index (χ0n) is 24.5. The zero-order valence-corrected chi connectivity index (χ0v) is 24.5. The first-order valence-electron chi connectivity index (χ1n) is 14.6. The van der Waals surface area contributed by atoms with E-state index >= 15 is 0 Å². The maximum atomic E-state index is 6.72. The fraction of sp³-hybridized carbons (Fsp3) is 0.211. The van der Waals surface area contributed by atoms with Gasteiger partial charge in [-0.3, -0.25) is 0 Å². The van der Waals surface area contributed by atoms with E-state index in [2.05, 4.69) is 126 Å². The third-order valence-electron chi connectivity index (χ3n) is 8.42. The summed E-state index contributed by atoms with van der Waals surface area (Å²) in [7, 11) is 0. The van der Waals surface area contributed by atoms with E-state index in [1.807, 2.05) is 0 Å². The molecule has 0 aliphatic carbocycles. The van der Waals surface area contributed by atoms with E-state index in [0.29, 0.717) is 5.92 Å². The molecular weight excluding hydrogens is 500 g/mol. The van der Waals surface area contributed by atoms with Gasteiger partial charge in [0.1, 0.15) is 17.0 Å². The third kappa shape index (κ3) is 4.02. The molecule has 7 aromatic rings. The quantitative estimate of drug-likeness (QED) is 0.211. The maximum Gasteiger partial charge on any atom is 0.144 e. The van der Waals surface area contributed by atoms with Crippen molar-refractivity contribution in [3.05, 3.63) is 107 Å². The van der Waals surface area contributed by atoms with Crippen LogP contribution in [0.15, 0.2) is 89.3 Å². The van der Waals surface area contributed by atoms with Crippen LogP contribution in [0.1, 0.15) is 62.0 Å². The lowest BCUT2D eigenvalue weighted by Crippen LogP contribution is -2.02. The van der Waals surface area contributed by atoms with Crippen molar-refractivity contribution in [2.45, 2.75) is 53.4 Å². The van der Waals surface area contributed by atoms with E-state index in [9.17, 15) is 0 Å². The first-order valence-corrected chi connectivity index (χ1v) is 14.6. The van der Waals surface area contributed by atoms with E-state index in [1.54, 1.807) is 0 Å². The molecule has 0 aliphatic heterocycles. The summed E-state index contributed by atoms with van der Waals surface area (Å²) < 4.78 is 6.72. The van der Waals surface area contributed by atoms with Crippen molar-refractivity contribution in [1.82, 2.24) is 9.97 Å². The van der Waals surface area contributed by atoms with Crippen LogP contribution in [-0.2, 0) is 0 Å². The summed E-state index contributed by atoms with van der Waals surface area (Å²) in [6.45, 7) is 13.2. The Kier molecular flexibility index (Phi) is 5.93. The molecule has 41 heavy (non-hydrogen) atoms. The van der Waals surface area contributed by atoms with Gasteiger partial charge in [0.2, 0.25) is 0 Å². The summed E-state index contributed by atoms with van der Waals surface area (Å²) in [5.74, 6) is 1.42. The fourth-order valence-electron chi connectivity index (χ4n) is 6.36. The Morgan fingerprint density at radius 2 is 1.39 bits per heavy atom. The Balaban J connectivity index is 1.53. The SMILES string of the molecule is Cc1cccc(C)c1-c1ccc2c(c1)oc1c(-c3nc(C(C)C)nc4c3ccc3cccc(C(C)C)c34)cccc12. The molecule has 0 radical (unpaired) electrons. The van der Waals surface area contributed by atoms with Crippen LogP contribution in [0.3, 0.4) is 0 Å². The van der Waals surface area contributed by atoms with Gasteiger partial charge >= 0.3 is 0 Å². The number of fused-ring (bicyclic) bond motifs is 6. The number of nitrogens with zero attached hydrogens (tertiary/aromatic N) is 2. The first-order chi connectivity index (χ1) is 19.8. The number of furan rings is 1.